The molecule has 0 bridgehead atoms. The molecule has 0 unspecified atom stereocenters. The topological polar surface area (TPSA) is 49.3 Å². The van der Waals surface area contributed by atoms with E-state index < -0.39 is 24.1 Å². The standard InChI is InChI=1S/C13H22F3NO2/c1-2-3-4-11(12(18)19)17-10-7-5-9(6-8-10)13(14,15)16/h9-11,17H,2-8H2,1H3,(H,18,19)/t9?,10?,11-/m0/s1. The van der Waals surface area contributed by atoms with E-state index in [9.17, 15) is 18.0 Å². The molecule has 1 saturated carbocycles. The van der Waals surface area contributed by atoms with Crippen LogP contribution in [0.4, 0.5) is 13.2 Å². The predicted molar refractivity (Wildman–Crippen MR) is 65.9 cm³/mol. The minimum absolute atomic E-state index is 0.0985. The molecule has 19 heavy (non-hydrogen) atoms. The zero-order valence-corrected chi connectivity index (χ0v) is 11.2. The molecule has 0 aromatic carbocycles. The number of aliphatic carboxylic acids is 1. The fourth-order valence-electron chi connectivity index (χ4n) is 2.56. The van der Waals surface area contributed by atoms with Crippen molar-refractivity contribution in [1.82, 2.24) is 5.32 Å². The van der Waals surface area contributed by atoms with Gasteiger partial charge in [0.1, 0.15) is 6.04 Å². The molecule has 0 heterocycles. The molecule has 0 spiro atoms. The van der Waals surface area contributed by atoms with E-state index in [4.69, 9.17) is 5.11 Å². The smallest absolute Gasteiger partial charge is 0.391 e. The zero-order chi connectivity index (χ0) is 14.5. The van der Waals surface area contributed by atoms with Gasteiger partial charge >= 0.3 is 12.1 Å². The zero-order valence-electron chi connectivity index (χ0n) is 11.2. The van der Waals surface area contributed by atoms with Crippen molar-refractivity contribution in [2.24, 2.45) is 5.92 Å². The summed E-state index contributed by atoms with van der Waals surface area (Å²) >= 11 is 0. The average molecular weight is 281 g/mol. The van der Waals surface area contributed by atoms with Crippen LogP contribution >= 0.6 is 0 Å². The lowest BCUT2D eigenvalue weighted by Gasteiger charge is -2.32. The molecule has 1 atom stereocenters. The molecule has 112 valence electrons. The first-order valence-electron chi connectivity index (χ1n) is 6.90. The van der Waals surface area contributed by atoms with Crippen LogP contribution in [0, 0.1) is 5.92 Å². The van der Waals surface area contributed by atoms with Gasteiger partial charge in [-0.1, -0.05) is 19.8 Å². The van der Waals surface area contributed by atoms with Crippen molar-refractivity contribution in [1.29, 1.82) is 0 Å². The summed E-state index contributed by atoms with van der Waals surface area (Å²) in [5.41, 5.74) is 0. The number of rotatable bonds is 6. The van der Waals surface area contributed by atoms with E-state index in [1.54, 1.807) is 0 Å². The van der Waals surface area contributed by atoms with Gasteiger partial charge in [0.25, 0.3) is 0 Å². The van der Waals surface area contributed by atoms with E-state index in [0.717, 1.165) is 12.8 Å². The Hall–Kier alpha value is -0.780. The summed E-state index contributed by atoms with van der Waals surface area (Å²) < 4.78 is 37.5. The van der Waals surface area contributed by atoms with Gasteiger partial charge in [0.15, 0.2) is 0 Å². The minimum atomic E-state index is -4.11. The average Bonchev–Trinajstić information content (AvgIpc) is 2.33. The van der Waals surface area contributed by atoms with Crippen LogP contribution in [0.2, 0.25) is 0 Å². The lowest BCUT2D eigenvalue weighted by Crippen LogP contribution is -2.45. The first kappa shape index (κ1) is 16.3. The highest BCUT2D eigenvalue weighted by atomic mass is 19.4. The number of halogens is 3. The summed E-state index contributed by atoms with van der Waals surface area (Å²) in [4.78, 5) is 11.1. The third kappa shape index (κ3) is 5.38. The van der Waals surface area contributed by atoms with E-state index >= 15 is 0 Å². The fraction of sp³-hybridized carbons (Fsp3) is 0.923. The van der Waals surface area contributed by atoms with Crippen molar-refractivity contribution in [2.75, 3.05) is 0 Å². The van der Waals surface area contributed by atoms with E-state index in [2.05, 4.69) is 5.32 Å². The van der Waals surface area contributed by atoms with Crippen LogP contribution in [0.15, 0.2) is 0 Å². The van der Waals surface area contributed by atoms with Crippen molar-refractivity contribution in [3.05, 3.63) is 0 Å². The maximum absolute atomic E-state index is 12.5. The predicted octanol–water partition coefficient (Wildman–Crippen LogP) is 3.34. The summed E-state index contributed by atoms with van der Waals surface area (Å²) in [5, 5.41) is 12.1. The Balaban J connectivity index is 2.40. The summed E-state index contributed by atoms with van der Waals surface area (Å²) in [6.45, 7) is 1.98. The molecule has 1 rings (SSSR count). The Morgan fingerprint density at radius 2 is 1.89 bits per heavy atom. The van der Waals surface area contributed by atoms with Crippen LogP contribution in [0.25, 0.3) is 0 Å². The van der Waals surface area contributed by atoms with Gasteiger partial charge in [-0.25, -0.2) is 0 Å². The highest BCUT2D eigenvalue weighted by molar-refractivity contribution is 5.73. The first-order chi connectivity index (χ1) is 8.84. The largest absolute Gasteiger partial charge is 0.480 e. The number of carboxylic acids is 1. The molecule has 3 nitrogen and oxygen atoms in total. The van der Waals surface area contributed by atoms with Crippen LogP contribution in [-0.4, -0.2) is 29.3 Å². The van der Waals surface area contributed by atoms with E-state index in [-0.39, 0.29) is 18.9 Å². The van der Waals surface area contributed by atoms with Crippen molar-refractivity contribution in [3.63, 3.8) is 0 Å². The molecule has 0 radical (unpaired) electrons. The van der Waals surface area contributed by atoms with Crippen molar-refractivity contribution >= 4 is 5.97 Å². The summed E-state index contributed by atoms with van der Waals surface area (Å²) in [6.07, 6.45) is -0.860. The van der Waals surface area contributed by atoms with Gasteiger partial charge in [-0.3, -0.25) is 4.79 Å². The molecule has 6 heteroatoms. The number of alkyl halides is 3. The van der Waals surface area contributed by atoms with E-state index in [0.29, 0.717) is 19.3 Å². The minimum Gasteiger partial charge on any atom is -0.480 e. The highest BCUT2D eigenvalue weighted by Gasteiger charge is 2.41. The maximum atomic E-state index is 12.5. The normalized spacial score (nSPS) is 26.1. The van der Waals surface area contributed by atoms with Crippen LogP contribution < -0.4 is 5.32 Å². The second-order valence-corrected chi connectivity index (χ2v) is 5.29. The fourth-order valence-corrected chi connectivity index (χ4v) is 2.56. The second-order valence-electron chi connectivity index (χ2n) is 5.29. The Kier molecular flexibility index (Phi) is 6.10. The van der Waals surface area contributed by atoms with Crippen LogP contribution in [0.3, 0.4) is 0 Å². The number of carbonyl (C=O) groups is 1. The van der Waals surface area contributed by atoms with Gasteiger partial charge in [-0.15, -0.1) is 0 Å². The molecule has 0 aromatic rings. The Morgan fingerprint density at radius 1 is 1.32 bits per heavy atom. The monoisotopic (exact) mass is 281 g/mol. The molecular weight excluding hydrogens is 259 g/mol. The van der Waals surface area contributed by atoms with Gasteiger partial charge in [-0.05, 0) is 32.1 Å². The molecule has 1 aliphatic rings. The summed E-state index contributed by atoms with van der Waals surface area (Å²) in [5.74, 6) is -2.13. The van der Waals surface area contributed by atoms with Crippen molar-refractivity contribution in [3.8, 4) is 0 Å². The molecule has 0 amide bonds. The molecule has 1 fully saturated rings. The quantitative estimate of drug-likeness (QED) is 0.785. The SMILES string of the molecule is CCCC[C@H](NC1CCC(C(F)(F)F)CC1)C(=O)O. The van der Waals surface area contributed by atoms with Gasteiger partial charge in [0.2, 0.25) is 0 Å². The Labute approximate surface area is 111 Å². The molecular formula is C13H22F3NO2. The molecule has 0 aromatic heterocycles. The second kappa shape index (κ2) is 7.12. The van der Waals surface area contributed by atoms with Crippen LogP contribution in [0.5, 0.6) is 0 Å². The molecule has 0 aliphatic heterocycles. The van der Waals surface area contributed by atoms with Gasteiger partial charge in [0.05, 0.1) is 5.92 Å². The van der Waals surface area contributed by atoms with Gasteiger partial charge < -0.3 is 10.4 Å². The number of hydrogen-bond donors (Lipinski definition) is 2. The number of hydrogen-bond acceptors (Lipinski definition) is 2. The first-order valence-corrected chi connectivity index (χ1v) is 6.90. The third-order valence-electron chi connectivity index (χ3n) is 3.77. The molecule has 1 aliphatic carbocycles. The summed E-state index contributed by atoms with van der Waals surface area (Å²) in [7, 11) is 0. The van der Waals surface area contributed by atoms with E-state index in [1.807, 2.05) is 6.92 Å². The number of unbranched alkanes of at least 4 members (excludes halogenated alkanes) is 1. The lowest BCUT2D eigenvalue weighted by molar-refractivity contribution is -0.183. The maximum Gasteiger partial charge on any atom is 0.391 e. The molecule has 2 N–H and O–H groups in total. The van der Waals surface area contributed by atoms with Crippen LogP contribution in [0.1, 0.15) is 51.9 Å². The van der Waals surface area contributed by atoms with Crippen molar-refractivity contribution in [2.45, 2.75) is 70.1 Å². The Morgan fingerprint density at radius 3 is 2.32 bits per heavy atom. The van der Waals surface area contributed by atoms with Crippen LogP contribution in [-0.2, 0) is 4.79 Å². The number of nitrogens with one attached hydrogen (secondary N) is 1. The highest BCUT2D eigenvalue weighted by Crippen LogP contribution is 2.37. The van der Waals surface area contributed by atoms with Gasteiger partial charge in [0, 0.05) is 6.04 Å². The van der Waals surface area contributed by atoms with Gasteiger partial charge in [-0.2, -0.15) is 13.2 Å². The number of carboxylic acid groups (broad SMARTS) is 1. The van der Waals surface area contributed by atoms with Crippen molar-refractivity contribution < 1.29 is 23.1 Å². The molecule has 0 saturated heterocycles. The summed E-state index contributed by atoms with van der Waals surface area (Å²) in [6, 6.07) is -0.732. The Bertz CT molecular complexity index is 286. The lowest BCUT2D eigenvalue weighted by atomic mass is 9.85. The third-order valence-corrected chi connectivity index (χ3v) is 3.77. The van der Waals surface area contributed by atoms with E-state index in [1.165, 1.54) is 0 Å².